The summed E-state index contributed by atoms with van der Waals surface area (Å²) in [5.41, 5.74) is -1.08. The quantitative estimate of drug-likeness (QED) is 0.673. The van der Waals surface area contributed by atoms with Gasteiger partial charge in [0.1, 0.15) is 23.4 Å². The number of nitriles is 1. The van der Waals surface area contributed by atoms with Crippen LogP contribution < -0.4 is 14.8 Å². The first-order chi connectivity index (χ1) is 16.2. The summed E-state index contributed by atoms with van der Waals surface area (Å²) >= 11 is 0. The van der Waals surface area contributed by atoms with E-state index >= 15 is 0 Å². The molecule has 2 aliphatic heterocycles. The number of rotatable bonds is 4. The van der Waals surface area contributed by atoms with Crippen molar-refractivity contribution in [1.29, 1.82) is 5.26 Å². The number of hydrogen-bond donors (Lipinski definition) is 1. The van der Waals surface area contributed by atoms with Crippen LogP contribution in [0.15, 0.2) is 30.3 Å². The third-order valence-corrected chi connectivity index (χ3v) is 5.74. The normalized spacial score (nSPS) is 16.2. The van der Waals surface area contributed by atoms with Crippen molar-refractivity contribution in [2.24, 2.45) is 5.92 Å². The van der Waals surface area contributed by atoms with Gasteiger partial charge in [0.2, 0.25) is 0 Å². The van der Waals surface area contributed by atoms with E-state index in [-0.39, 0.29) is 47.4 Å². The lowest BCUT2D eigenvalue weighted by Crippen LogP contribution is -2.40. The molecule has 0 radical (unpaired) electrons. The fourth-order valence-corrected chi connectivity index (χ4v) is 3.87. The number of anilines is 1. The molecule has 0 spiro atoms. The molecular weight excluding hydrogens is 458 g/mol. The van der Waals surface area contributed by atoms with E-state index < -0.39 is 29.4 Å². The van der Waals surface area contributed by atoms with Crippen LogP contribution in [0, 0.1) is 23.1 Å². The van der Waals surface area contributed by atoms with Gasteiger partial charge in [0.05, 0.1) is 29.0 Å². The lowest BCUT2D eigenvalue weighted by Gasteiger charge is -2.32. The Bertz CT molecular complexity index is 1170. The van der Waals surface area contributed by atoms with Gasteiger partial charge in [-0.15, -0.1) is 0 Å². The van der Waals surface area contributed by atoms with E-state index in [4.69, 9.17) is 14.7 Å². The zero-order valence-electron chi connectivity index (χ0n) is 17.7. The van der Waals surface area contributed by atoms with Gasteiger partial charge in [-0.25, -0.2) is 4.39 Å². The van der Waals surface area contributed by atoms with Crippen LogP contribution in [0.2, 0.25) is 0 Å². The molecule has 2 aromatic carbocycles. The highest BCUT2D eigenvalue weighted by molar-refractivity contribution is 6.00. The molecule has 2 aliphatic rings. The molecule has 11 heteroatoms. The van der Waals surface area contributed by atoms with E-state index in [2.05, 4.69) is 5.32 Å². The Morgan fingerprint density at radius 2 is 1.97 bits per heavy atom. The smallest absolute Gasteiger partial charge is 0.416 e. The highest BCUT2D eigenvalue weighted by atomic mass is 19.4. The Morgan fingerprint density at radius 3 is 2.65 bits per heavy atom. The minimum atomic E-state index is -4.56. The van der Waals surface area contributed by atoms with E-state index in [1.807, 2.05) is 0 Å². The number of benzene rings is 2. The monoisotopic (exact) mass is 477 g/mol. The third kappa shape index (κ3) is 4.90. The number of likely N-dealkylation sites (tertiary alicyclic amines) is 1. The number of hydrogen-bond acceptors (Lipinski definition) is 5. The molecule has 2 heterocycles. The maximum Gasteiger partial charge on any atom is 0.416 e. The Labute approximate surface area is 191 Å². The molecule has 0 aromatic heterocycles. The van der Waals surface area contributed by atoms with E-state index in [1.54, 1.807) is 6.07 Å². The Hall–Kier alpha value is -3.81. The molecule has 0 atom stereocenters. The lowest BCUT2D eigenvalue weighted by molar-refractivity contribution is -0.137. The molecule has 1 N–H and O–H groups in total. The first-order valence-corrected chi connectivity index (χ1v) is 10.5. The van der Waals surface area contributed by atoms with Crippen LogP contribution in [0.4, 0.5) is 23.2 Å². The molecular formula is C23H19F4N3O4. The molecule has 34 heavy (non-hydrogen) atoms. The van der Waals surface area contributed by atoms with Crippen molar-refractivity contribution in [3.05, 3.63) is 52.8 Å². The third-order valence-electron chi connectivity index (χ3n) is 5.74. The minimum absolute atomic E-state index is 0.000969. The number of amides is 2. The average molecular weight is 477 g/mol. The van der Waals surface area contributed by atoms with Gasteiger partial charge >= 0.3 is 6.18 Å². The van der Waals surface area contributed by atoms with Crippen molar-refractivity contribution in [3.8, 4) is 17.6 Å². The van der Waals surface area contributed by atoms with Gasteiger partial charge in [-0.1, -0.05) is 0 Å². The molecule has 0 saturated carbocycles. The molecule has 0 bridgehead atoms. The second-order valence-electron chi connectivity index (χ2n) is 8.03. The topological polar surface area (TPSA) is 91.7 Å². The standard InChI is InChI=1S/C23H19F4N3O4/c24-17-9-20-18(29-21(31)12-34-20)8-16(17)22(32)30-5-3-13(4-6-30)11-33-19-2-1-15(23(25,26)27)7-14(19)10-28/h1-2,7-9,13H,3-6,11-12H2,(H,29,31). The maximum absolute atomic E-state index is 14.5. The molecule has 0 unspecified atom stereocenters. The highest BCUT2D eigenvalue weighted by Gasteiger charge is 2.32. The molecule has 1 saturated heterocycles. The predicted molar refractivity (Wildman–Crippen MR) is 111 cm³/mol. The van der Waals surface area contributed by atoms with Gasteiger partial charge in [0.25, 0.3) is 11.8 Å². The van der Waals surface area contributed by atoms with Gasteiger partial charge in [0, 0.05) is 19.2 Å². The summed E-state index contributed by atoms with van der Waals surface area (Å²) in [5.74, 6) is -1.45. The van der Waals surface area contributed by atoms with Gasteiger partial charge in [-0.3, -0.25) is 9.59 Å². The Balaban J connectivity index is 1.35. The molecule has 0 aliphatic carbocycles. The van der Waals surface area contributed by atoms with Gasteiger partial charge in [-0.2, -0.15) is 18.4 Å². The number of carbonyl (C=O) groups excluding carboxylic acids is 2. The van der Waals surface area contributed by atoms with Crippen LogP contribution in [-0.4, -0.2) is 43.0 Å². The van der Waals surface area contributed by atoms with Crippen LogP contribution in [0.1, 0.15) is 34.3 Å². The molecule has 7 nitrogen and oxygen atoms in total. The van der Waals surface area contributed by atoms with Gasteiger partial charge in [0.15, 0.2) is 6.61 Å². The average Bonchev–Trinajstić information content (AvgIpc) is 2.81. The van der Waals surface area contributed by atoms with Crippen molar-refractivity contribution in [1.82, 2.24) is 4.90 Å². The van der Waals surface area contributed by atoms with Crippen LogP contribution in [0.3, 0.4) is 0 Å². The van der Waals surface area contributed by atoms with Crippen LogP contribution >= 0.6 is 0 Å². The molecule has 2 aromatic rings. The first-order valence-electron chi connectivity index (χ1n) is 10.5. The Morgan fingerprint density at radius 1 is 1.24 bits per heavy atom. The summed E-state index contributed by atoms with van der Waals surface area (Å²) in [7, 11) is 0. The van der Waals surface area contributed by atoms with E-state index in [0.717, 1.165) is 24.3 Å². The predicted octanol–water partition coefficient (Wildman–Crippen LogP) is 3.98. The number of ether oxygens (including phenoxy) is 2. The van der Waals surface area contributed by atoms with Gasteiger partial charge < -0.3 is 19.7 Å². The minimum Gasteiger partial charge on any atom is -0.492 e. The van der Waals surface area contributed by atoms with E-state index in [9.17, 15) is 27.2 Å². The van der Waals surface area contributed by atoms with Crippen molar-refractivity contribution in [2.75, 3.05) is 31.6 Å². The number of fused-ring (bicyclic) bond motifs is 1. The van der Waals surface area contributed by atoms with Crippen molar-refractivity contribution < 1.29 is 36.6 Å². The lowest BCUT2D eigenvalue weighted by atomic mass is 9.97. The maximum atomic E-state index is 14.5. The summed E-state index contributed by atoms with van der Waals surface area (Å²) < 4.78 is 63.7. The van der Waals surface area contributed by atoms with Crippen molar-refractivity contribution >= 4 is 17.5 Å². The number of nitrogens with one attached hydrogen (secondary N) is 1. The second kappa shape index (κ2) is 9.21. The summed E-state index contributed by atoms with van der Waals surface area (Å²) in [6.45, 7) is 0.588. The SMILES string of the molecule is N#Cc1cc(C(F)(F)F)ccc1OCC1CCN(C(=O)c2cc3c(cc2F)OCC(=O)N3)CC1. The summed E-state index contributed by atoms with van der Waals surface area (Å²) in [4.78, 5) is 25.8. The first kappa shape index (κ1) is 23.4. The van der Waals surface area contributed by atoms with E-state index in [1.165, 1.54) is 11.0 Å². The highest BCUT2D eigenvalue weighted by Crippen LogP contribution is 2.34. The zero-order valence-corrected chi connectivity index (χ0v) is 17.7. The summed E-state index contributed by atoms with van der Waals surface area (Å²) in [5, 5.41) is 11.7. The summed E-state index contributed by atoms with van der Waals surface area (Å²) in [6, 6.07) is 6.78. The van der Waals surface area contributed by atoms with Crippen LogP contribution in [0.25, 0.3) is 0 Å². The zero-order chi connectivity index (χ0) is 24.5. The number of halogens is 4. The molecule has 4 rings (SSSR count). The fourth-order valence-electron chi connectivity index (χ4n) is 3.87. The van der Waals surface area contributed by atoms with Crippen LogP contribution in [0.5, 0.6) is 11.5 Å². The summed E-state index contributed by atoms with van der Waals surface area (Å²) in [6.07, 6.45) is -3.50. The van der Waals surface area contributed by atoms with Gasteiger partial charge in [-0.05, 0) is 43.0 Å². The molecule has 1 fully saturated rings. The molecule has 178 valence electrons. The number of nitrogens with zero attached hydrogens (tertiary/aromatic N) is 2. The Kier molecular flexibility index (Phi) is 6.32. The second-order valence-corrected chi connectivity index (χ2v) is 8.03. The largest absolute Gasteiger partial charge is 0.492 e. The number of piperidine rings is 1. The van der Waals surface area contributed by atoms with E-state index in [0.29, 0.717) is 25.9 Å². The van der Waals surface area contributed by atoms with Crippen molar-refractivity contribution in [2.45, 2.75) is 19.0 Å². The fraction of sp³-hybridized carbons (Fsp3) is 0.348. The van der Waals surface area contributed by atoms with Crippen molar-refractivity contribution in [3.63, 3.8) is 0 Å². The van der Waals surface area contributed by atoms with Crippen LogP contribution in [-0.2, 0) is 11.0 Å². The molecule has 2 amide bonds. The number of carbonyl (C=O) groups is 2. The number of alkyl halides is 3.